The zero-order chi connectivity index (χ0) is 14.5. The molecule has 0 unspecified atom stereocenters. The van der Waals surface area contributed by atoms with E-state index in [9.17, 15) is 17.6 Å². The lowest BCUT2D eigenvalue weighted by Gasteiger charge is -2.11. The van der Waals surface area contributed by atoms with Crippen molar-refractivity contribution < 1.29 is 17.6 Å². The van der Waals surface area contributed by atoms with Crippen LogP contribution in [-0.2, 0) is 0 Å². The van der Waals surface area contributed by atoms with Crippen LogP contribution in [-0.4, -0.2) is 17.7 Å². The van der Waals surface area contributed by atoms with Gasteiger partial charge in [-0.05, 0) is 31.0 Å². The van der Waals surface area contributed by atoms with Crippen LogP contribution in [0, 0.1) is 5.82 Å². The Morgan fingerprint density at radius 3 is 2.53 bits per heavy atom. The number of halogens is 4. The molecule has 106 valence electrons. The van der Waals surface area contributed by atoms with Crippen LogP contribution in [0.2, 0.25) is 0 Å². The van der Waals surface area contributed by atoms with Crippen molar-refractivity contribution in [3.8, 4) is 0 Å². The van der Waals surface area contributed by atoms with Gasteiger partial charge in [-0.1, -0.05) is 12.2 Å². The van der Waals surface area contributed by atoms with Gasteiger partial charge in [-0.25, -0.2) is 4.39 Å². The third-order valence-electron chi connectivity index (χ3n) is 2.45. The molecule has 0 amide bonds. The van der Waals surface area contributed by atoms with Crippen molar-refractivity contribution in [1.82, 2.24) is 0 Å². The summed E-state index contributed by atoms with van der Waals surface area (Å²) in [7, 11) is 0. The van der Waals surface area contributed by atoms with Crippen molar-refractivity contribution in [2.45, 2.75) is 25.4 Å². The standard InChI is InChI=1S/C12H14F4N2S/c13-8-3-4-10(9(7-8)11(17)19)18-6-2-1-5-12(14,15)16/h3-4,7,18H,1-2,5-6H2,(H2,17,19). The fourth-order valence-corrected chi connectivity index (χ4v) is 1.72. The normalized spacial score (nSPS) is 11.4. The van der Waals surface area contributed by atoms with Crippen LogP contribution in [0.3, 0.4) is 0 Å². The molecule has 3 N–H and O–H groups in total. The second-order valence-electron chi connectivity index (χ2n) is 4.05. The lowest BCUT2D eigenvalue weighted by molar-refractivity contribution is -0.135. The van der Waals surface area contributed by atoms with E-state index in [4.69, 9.17) is 18.0 Å². The number of rotatable bonds is 6. The maximum absolute atomic E-state index is 13.0. The highest BCUT2D eigenvalue weighted by molar-refractivity contribution is 7.80. The fourth-order valence-electron chi connectivity index (χ4n) is 1.55. The van der Waals surface area contributed by atoms with Gasteiger partial charge in [0.15, 0.2) is 0 Å². The van der Waals surface area contributed by atoms with E-state index in [0.717, 1.165) is 0 Å². The molecule has 0 radical (unpaired) electrons. The molecule has 1 aromatic rings. The summed E-state index contributed by atoms with van der Waals surface area (Å²) in [5.41, 5.74) is 6.33. The minimum atomic E-state index is -4.13. The molecule has 0 heterocycles. The molecule has 0 saturated carbocycles. The Morgan fingerprint density at radius 1 is 1.26 bits per heavy atom. The topological polar surface area (TPSA) is 38.0 Å². The van der Waals surface area contributed by atoms with E-state index in [-0.39, 0.29) is 11.4 Å². The second kappa shape index (κ2) is 6.70. The van der Waals surface area contributed by atoms with Crippen LogP contribution >= 0.6 is 12.2 Å². The molecular weight excluding hydrogens is 280 g/mol. The van der Waals surface area contributed by atoms with Crippen LogP contribution in [0.5, 0.6) is 0 Å². The molecule has 19 heavy (non-hydrogen) atoms. The van der Waals surface area contributed by atoms with Crippen molar-refractivity contribution in [3.05, 3.63) is 29.6 Å². The van der Waals surface area contributed by atoms with E-state index < -0.39 is 18.4 Å². The van der Waals surface area contributed by atoms with Crippen molar-refractivity contribution >= 4 is 22.9 Å². The fraction of sp³-hybridized carbons (Fsp3) is 0.417. The van der Waals surface area contributed by atoms with Crippen LogP contribution < -0.4 is 11.1 Å². The Balaban J connectivity index is 2.47. The van der Waals surface area contributed by atoms with Crippen LogP contribution in [0.1, 0.15) is 24.8 Å². The predicted molar refractivity (Wildman–Crippen MR) is 70.7 cm³/mol. The van der Waals surface area contributed by atoms with Crippen LogP contribution in [0.4, 0.5) is 23.2 Å². The first-order chi connectivity index (χ1) is 8.79. The second-order valence-corrected chi connectivity index (χ2v) is 4.49. The number of hydrogen-bond donors (Lipinski definition) is 2. The number of unbranched alkanes of at least 4 members (excludes halogenated alkanes) is 1. The minimum Gasteiger partial charge on any atom is -0.389 e. The zero-order valence-electron chi connectivity index (χ0n) is 10.1. The molecule has 1 aromatic carbocycles. The van der Waals surface area contributed by atoms with Gasteiger partial charge in [0.25, 0.3) is 0 Å². The monoisotopic (exact) mass is 294 g/mol. The lowest BCUT2D eigenvalue weighted by Crippen LogP contribution is -2.14. The van der Waals surface area contributed by atoms with E-state index >= 15 is 0 Å². The van der Waals surface area contributed by atoms with Gasteiger partial charge >= 0.3 is 6.18 Å². The van der Waals surface area contributed by atoms with Crippen molar-refractivity contribution in [3.63, 3.8) is 0 Å². The van der Waals surface area contributed by atoms with Gasteiger partial charge < -0.3 is 11.1 Å². The van der Waals surface area contributed by atoms with Gasteiger partial charge in [-0.2, -0.15) is 13.2 Å². The Hall–Kier alpha value is -1.37. The molecule has 0 aliphatic heterocycles. The SMILES string of the molecule is NC(=S)c1cc(F)ccc1NCCCCC(F)(F)F. The van der Waals surface area contributed by atoms with Gasteiger partial charge in [-0.15, -0.1) is 0 Å². The Bertz CT molecular complexity index is 446. The predicted octanol–water partition coefficient (Wildman–Crippen LogP) is 3.60. The van der Waals surface area contributed by atoms with Crippen LogP contribution in [0.15, 0.2) is 18.2 Å². The maximum Gasteiger partial charge on any atom is 0.389 e. The van der Waals surface area contributed by atoms with Crippen LogP contribution in [0.25, 0.3) is 0 Å². The highest BCUT2D eigenvalue weighted by Gasteiger charge is 2.25. The average molecular weight is 294 g/mol. The highest BCUT2D eigenvalue weighted by atomic mass is 32.1. The van der Waals surface area contributed by atoms with E-state index in [1.165, 1.54) is 18.2 Å². The summed E-state index contributed by atoms with van der Waals surface area (Å²) in [4.78, 5) is 0.0392. The van der Waals surface area contributed by atoms with E-state index in [2.05, 4.69) is 5.32 Å². The molecular formula is C12H14F4N2S. The number of nitrogens with two attached hydrogens (primary N) is 1. The van der Waals surface area contributed by atoms with Crippen molar-refractivity contribution in [1.29, 1.82) is 0 Å². The molecule has 7 heteroatoms. The third-order valence-corrected chi connectivity index (χ3v) is 2.67. The molecule has 2 nitrogen and oxygen atoms in total. The first-order valence-electron chi connectivity index (χ1n) is 5.69. The minimum absolute atomic E-state index is 0.0392. The number of nitrogens with one attached hydrogen (secondary N) is 1. The van der Waals surface area contributed by atoms with E-state index in [0.29, 0.717) is 24.2 Å². The Morgan fingerprint density at radius 2 is 1.95 bits per heavy atom. The Kier molecular flexibility index (Phi) is 5.53. The lowest BCUT2D eigenvalue weighted by atomic mass is 10.1. The largest absolute Gasteiger partial charge is 0.389 e. The summed E-state index contributed by atoms with van der Waals surface area (Å²) in [5, 5.41) is 2.91. The molecule has 0 saturated heterocycles. The van der Waals surface area contributed by atoms with Gasteiger partial charge in [0.1, 0.15) is 10.8 Å². The third kappa shape index (κ3) is 5.87. The van der Waals surface area contributed by atoms with Gasteiger partial charge in [0, 0.05) is 24.2 Å². The number of anilines is 1. The number of alkyl halides is 3. The summed E-state index contributed by atoms with van der Waals surface area (Å²) in [5.74, 6) is -0.467. The first-order valence-corrected chi connectivity index (χ1v) is 6.10. The van der Waals surface area contributed by atoms with Gasteiger partial charge in [0.2, 0.25) is 0 Å². The molecule has 0 aliphatic carbocycles. The molecule has 0 fully saturated rings. The molecule has 0 atom stereocenters. The average Bonchev–Trinajstić information content (AvgIpc) is 2.28. The first kappa shape index (κ1) is 15.7. The van der Waals surface area contributed by atoms with Gasteiger partial charge in [0.05, 0.1) is 0 Å². The van der Waals surface area contributed by atoms with E-state index in [1.54, 1.807) is 0 Å². The molecule has 0 aromatic heterocycles. The number of hydrogen-bond acceptors (Lipinski definition) is 2. The zero-order valence-corrected chi connectivity index (χ0v) is 10.9. The summed E-state index contributed by atoms with van der Waals surface area (Å²) < 4.78 is 48.8. The smallest absolute Gasteiger partial charge is 0.389 e. The molecule has 0 aliphatic rings. The molecule has 1 rings (SSSR count). The molecule has 0 bridgehead atoms. The summed E-state index contributed by atoms with van der Waals surface area (Å²) in [6.07, 6.45) is -4.53. The maximum atomic E-state index is 13.0. The Labute approximate surface area is 114 Å². The summed E-state index contributed by atoms with van der Waals surface area (Å²) >= 11 is 4.78. The quantitative estimate of drug-likeness (QED) is 0.478. The summed E-state index contributed by atoms with van der Waals surface area (Å²) in [6, 6.07) is 3.90. The van der Waals surface area contributed by atoms with E-state index in [1.807, 2.05) is 0 Å². The summed E-state index contributed by atoms with van der Waals surface area (Å²) in [6.45, 7) is 0.345. The highest BCUT2D eigenvalue weighted by Crippen LogP contribution is 2.22. The molecule has 0 spiro atoms. The number of thiocarbonyl (C=S) groups is 1. The van der Waals surface area contributed by atoms with Crippen molar-refractivity contribution in [2.75, 3.05) is 11.9 Å². The van der Waals surface area contributed by atoms with Crippen molar-refractivity contribution in [2.24, 2.45) is 5.73 Å². The van der Waals surface area contributed by atoms with Gasteiger partial charge in [-0.3, -0.25) is 0 Å². The number of benzene rings is 1.